The number of morpholine rings is 1. The predicted octanol–water partition coefficient (Wildman–Crippen LogP) is 2.12. The third-order valence-corrected chi connectivity index (χ3v) is 4.11. The number of nitrogens with zero attached hydrogens (tertiary/aromatic N) is 1. The van der Waals surface area contributed by atoms with Gasteiger partial charge in [0.25, 0.3) is 0 Å². The van der Waals surface area contributed by atoms with Crippen molar-refractivity contribution in [3.05, 3.63) is 0 Å². The summed E-state index contributed by atoms with van der Waals surface area (Å²) in [6.07, 6.45) is 1.19. The highest BCUT2D eigenvalue weighted by atomic mass is 16.5. The van der Waals surface area contributed by atoms with E-state index in [0.717, 1.165) is 32.8 Å². The largest absolute Gasteiger partial charge is 0.378 e. The maximum absolute atomic E-state index is 5.57. The second-order valence-electron chi connectivity index (χ2n) is 5.88. The summed E-state index contributed by atoms with van der Waals surface area (Å²) in [7, 11) is 0. The number of nitrogens with one attached hydrogen (secondary N) is 1. The summed E-state index contributed by atoms with van der Waals surface area (Å²) in [6.45, 7) is 16.5. The van der Waals surface area contributed by atoms with Gasteiger partial charge < -0.3 is 10.1 Å². The Morgan fingerprint density at radius 3 is 2.71 bits per heavy atom. The smallest absolute Gasteiger partial charge is 0.0622 e. The molecule has 0 aromatic carbocycles. The van der Waals surface area contributed by atoms with Crippen molar-refractivity contribution in [2.45, 2.75) is 53.1 Å². The van der Waals surface area contributed by atoms with Crippen LogP contribution < -0.4 is 5.32 Å². The normalized spacial score (nSPS) is 24.9. The molecule has 0 aromatic rings. The van der Waals surface area contributed by atoms with E-state index in [9.17, 15) is 0 Å². The first-order valence-electron chi connectivity index (χ1n) is 7.06. The standard InChI is InChI=1S/C14H30N2O/c1-6-13-10-17-9-8-16(13)11-14(4,5)12(3)15-7-2/h12-13,15H,6-11H2,1-5H3. The molecule has 0 aromatic heterocycles. The van der Waals surface area contributed by atoms with Crippen molar-refractivity contribution in [2.75, 3.05) is 32.8 Å². The zero-order chi connectivity index (χ0) is 12.9. The van der Waals surface area contributed by atoms with Crippen LogP contribution in [0.25, 0.3) is 0 Å². The molecule has 1 fully saturated rings. The van der Waals surface area contributed by atoms with Gasteiger partial charge in [-0.3, -0.25) is 4.90 Å². The lowest BCUT2D eigenvalue weighted by Gasteiger charge is -2.42. The summed E-state index contributed by atoms with van der Waals surface area (Å²) < 4.78 is 5.57. The SMILES string of the molecule is CCNC(C)C(C)(C)CN1CCOCC1CC. The molecule has 1 aliphatic rings. The molecule has 0 aliphatic carbocycles. The van der Waals surface area contributed by atoms with Gasteiger partial charge in [-0.2, -0.15) is 0 Å². The molecule has 0 saturated carbocycles. The zero-order valence-electron chi connectivity index (χ0n) is 12.3. The van der Waals surface area contributed by atoms with Crippen molar-refractivity contribution in [3.63, 3.8) is 0 Å². The monoisotopic (exact) mass is 242 g/mol. The molecule has 2 atom stereocenters. The van der Waals surface area contributed by atoms with Crippen LogP contribution in [0.5, 0.6) is 0 Å². The first-order chi connectivity index (χ1) is 8.01. The molecule has 102 valence electrons. The Morgan fingerprint density at radius 2 is 2.12 bits per heavy atom. The lowest BCUT2D eigenvalue weighted by molar-refractivity contribution is -0.0276. The van der Waals surface area contributed by atoms with Gasteiger partial charge >= 0.3 is 0 Å². The topological polar surface area (TPSA) is 24.5 Å². The van der Waals surface area contributed by atoms with Crippen molar-refractivity contribution in [1.29, 1.82) is 0 Å². The van der Waals surface area contributed by atoms with Crippen LogP contribution in [0.3, 0.4) is 0 Å². The van der Waals surface area contributed by atoms with Crippen LogP contribution in [0, 0.1) is 5.41 Å². The van der Waals surface area contributed by atoms with E-state index in [1.807, 2.05) is 0 Å². The summed E-state index contributed by atoms with van der Waals surface area (Å²) >= 11 is 0. The Balaban J connectivity index is 2.54. The molecule has 1 rings (SSSR count). The van der Waals surface area contributed by atoms with Crippen molar-refractivity contribution >= 4 is 0 Å². The minimum Gasteiger partial charge on any atom is -0.378 e. The number of ether oxygens (including phenoxy) is 1. The molecule has 0 spiro atoms. The minimum atomic E-state index is 0.306. The van der Waals surface area contributed by atoms with Crippen LogP contribution in [-0.4, -0.2) is 49.8 Å². The van der Waals surface area contributed by atoms with Gasteiger partial charge in [-0.1, -0.05) is 27.7 Å². The highest BCUT2D eigenvalue weighted by molar-refractivity contribution is 4.86. The molecular weight excluding hydrogens is 212 g/mol. The summed E-state index contributed by atoms with van der Waals surface area (Å²) in [4.78, 5) is 2.61. The summed E-state index contributed by atoms with van der Waals surface area (Å²) in [5.74, 6) is 0. The van der Waals surface area contributed by atoms with Gasteiger partial charge in [0.1, 0.15) is 0 Å². The van der Waals surface area contributed by atoms with Crippen molar-refractivity contribution < 1.29 is 4.74 Å². The number of hydrogen-bond acceptors (Lipinski definition) is 3. The van der Waals surface area contributed by atoms with E-state index >= 15 is 0 Å². The average molecular weight is 242 g/mol. The minimum absolute atomic E-state index is 0.306. The Morgan fingerprint density at radius 1 is 1.41 bits per heavy atom. The average Bonchev–Trinajstić information content (AvgIpc) is 2.29. The number of hydrogen-bond donors (Lipinski definition) is 1. The predicted molar refractivity (Wildman–Crippen MR) is 73.4 cm³/mol. The molecule has 3 nitrogen and oxygen atoms in total. The van der Waals surface area contributed by atoms with Crippen LogP contribution in [0.2, 0.25) is 0 Å². The van der Waals surface area contributed by atoms with E-state index in [1.165, 1.54) is 6.42 Å². The maximum atomic E-state index is 5.57. The van der Waals surface area contributed by atoms with E-state index in [2.05, 4.69) is 44.8 Å². The third-order valence-electron chi connectivity index (χ3n) is 4.11. The summed E-state index contributed by atoms with van der Waals surface area (Å²) in [6, 6.07) is 1.16. The molecule has 0 bridgehead atoms. The van der Waals surface area contributed by atoms with E-state index in [-0.39, 0.29) is 0 Å². The quantitative estimate of drug-likeness (QED) is 0.772. The van der Waals surface area contributed by atoms with Gasteiger partial charge in [-0.25, -0.2) is 0 Å². The fourth-order valence-electron chi connectivity index (χ4n) is 2.52. The van der Waals surface area contributed by atoms with Crippen molar-refractivity contribution in [1.82, 2.24) is 10.2 Å². The third kappa shape index (κ3) is 4.23. The molecule has 2 unspecified atom stereocenters. The first kappa shape index (κ1) is 14.9. The first-order valence-corrected chi connectivity index (χ1v) is 7.06. The fourth-order valence-corrected chi connectivity index (χ4v) is 2.52. The molecule has 1 N–H and O–H groups in total. The lowest BCUT2D eigenvalue weighted by Crippen LogP contribution is -2.53. The van der Waals surface area contributed by atoms with Gasteiger partial charge in [0.2, 0.25) is 0 Å². The van der Waals surface area contributed by atoms with Crippen LogP contribution in [0.1, 0.15) is 41.0 Å². The van der Waals surface area contributed by atoms with Crippen molar-refractivity contribution in [2.24, 2.45) is 5.41 Å². The maximum Gasteiger partial charge on any atom is 0.0622 e. The van der Waals surface area contributed by atoms with Gasteiger partial charge in [-0.15, -0.1) is 0 Å². The molecule has 3 heteroatoms. The number of rotatable bonds is 6. The molecular formula is C14H30N2O. The van der Waals surface area contributed by atoms with E-state index in [0.29, 0.717) is 17.5 Å². The van der Waals surface area contributed by atoms with E-state index in [1.54, 1.807) is 0 Å². The van der Waals surface area contributed by atoms with Crippen LogP contribution in [0.15, 0.2) is 0 Å². The summed E-state index contributed by atoms with van der Waals surface area (Å²) in [5.41, 5.74) is 0.306. The molecule has 1 heterocycles. The second kappa shape index (κ2) is 6.72. The van der Waals surface area contributed by atoms with Gasteiger partial charge in [0, 0.05) is 25.2 Å². The van der Waals surface area contributed by atoms with Crippen LogP contribution in [-0.2, 0) is 4.74 Å². The van der Waals surface area contributed by atoms with Crippen LogP contribution >= 0.6 is 0 Å². The molecule has 0 amide bonds. The van der Waals surface area contributed by atoms with E-state index in [4.69, 9.17) is 4.74 Å². The van der Waals surface area contributed by atoms with Gasteiger partial charge in [-0.05, 0) is 25.3 Å². The zero-order valence-corrected chi connectivity index (χ0v) is 12.3. The van der Waals surface area contributed by atoms with Gasteiger partial charge in [0.15, 0.2) is 0 Å². The molecule has 1 saturated heterocycles. The summed E-state index contributed by atoms with van der Waals surface area (Å²) in [5, 5.41) is 3.55. The van der Waals surface area contributed by atoms with E-state index < -0.39 is 0 Å². The molecule has 0 radical (unpaired) electrons. The fraction of sp³-hybridized carbons (Fsp3) is 1.00. The highest BCUT2D eigenvalue weighted by Gasteiger charge is 2.31. The van der Waals surface area contributed by atoms with Crippen molar-refractivity contribution in [3.8, 4) is 0 Å². The Labute approximate surface area is 107 Å². The van der Waals surface area contributed by atoms with Crippen LogP contribution in [0.4, 0.5) is 0 Å². The molecule has 17 heavy (non-hydrogen) atoms. The lowest BCUT2D eigenvalue weighted by atomic mass is 9.84. The Kier molecular flexibility index (Phi) is 5.90. The van der Waals surface area contributed by atoms with Gasteiger partial charge in [0.05, 0.1) is 13.2 Å². The molecule has 1 aliphatic heterocycles. The Bertz CT molecular complexity index is 218. The highest BCUT2D eigenvalue weighted by Crippen LogP contribution is 2.24. The Hall–Kier alpha value is -0.120. The second-order valence-corrected chi connectivity index (χ2v) is 5.88.